The van der Waals surface area contributed by atoms with E-state index in [1.54, 1.807) is 12.4 Å². The Morgan fingerprint density at radius 1 is 1.41 bits per heavy atom. The van der Waals surface area contributed by atoms with Crippen molar-refractivity contribution in [1.29, 1.82) is 0 Å². The Morgan fingerprint density at radius 3 is 2.76 bits per heavy atom. The molecule has 2 heterocycles. The molecular weight excluding hydrogens is 218 g/mol. The second-order valence-electron chi connectivity index (χ2n) is 3.80. The SMILES string of the molecule is Cc1[nH]nc(CCC(=O)O)c1-c1ccncc1. The zero-order chi connectivity index (χ0) is 12.3. The largest absolute Gasteiger partial charge is 0.481 e. The number of nitrogens with one attached hydrogen (secondary N) is 1. The summed E-state index contributed by atoms with van der Waals surface area (Å²) in [4.78, 5) is 14.5. The van der Waals surface area contributed by atoms with Crippen molar-refractivity contribution in [2.45, 2.75) is 19.8 Å². The Labute approximate surface area is 98.5 Å². The van der Waals surface area contributed by atoms with Gasteiger partial charge in [-0.25, -0.2) is 0 Å². The van der Waals surface area contributed by atoms with Crippen molar-refractivity contribution in [1.82, 2.24) is 15.2 Å². The average Bonchev–Trinajstić information content (AvgIpc) is 2.69. The van der Waals surface area contributed by atoms with Crippen LogP contribution in [0.1, 0.15) is 17.8 Å². The van der Waals surface area contributed by atoms with E-state index in [2.05, 4.69) is 15.2 Å². The second kappa shape index (κ2) is 4.78. The minimum atomic E-state index is -0.814. The summed E-state index contributed by atoms with van der Waals surface area (Å²) in [5.74, 6) is -0.814. The number of carboxylic acid groups (broad SMARTS) is 1. The van der Waals surface area contributed by atoms with E-state index in [0.29, 0.717) is 6.42 Å². The van der Waals surface area contributed by atoms with Gasteiger partial charge >= 0.3 is 5.97 Å². The number of hydrogen-bond donors (Lipinski definition) is 2. The van der Waals surface area contributed by atoms with E-state index in [0.717, 1.165) is 22.5 Å². The zero-order valence-electron chi connectivity index (χ0n) is 9.47. The number of aromatic amines is 1. The van der Waals surface area contributed by atoms with Crippen LogP contribution >= 0.6 is 0 Å². The predicted octanol–water partition coefficient (Wildman–Crippen LogP) is 1.80. The van der Waals surface area contributed by atoms with Gasteiger partial charge in [-0.3, -0.25) is 14.9 Å². The van der Waals surface area contributed by atoms with Gasteiger partial charge in [-0.1, -0.05) is 0 Å². The number of pyridine rings is 1. The maximum Gasteiger partial charge on any atom is 0.303 e. The van der Waals surface area contributed by atoms with E-state index >= 15 is 0 Å². The molecule has 0 aromatic carbocycles. The van der Waals surface area contributed by atoms with E-state index in [1.807, 2.05) is 19.1 Å². The third-order valence-electron chi connectivity index (χ3n) is 2.57. The molecule has 0 amide bonds. The lowest BCUT2D eigenvalue weighted by Crippen LogP contribution is -1.99. The Kier molecular flexibility index (Phi) is 3.18. The van der Waals surface area contributed by atoms with E-state index < -0.39 is 5.97 Å². The van der Waals surface area contributed by atoms with Gasteiger partial charge in [0.2, 0.25) is 0 Å². The highest BCUT2D eigenvalue weighted by Crippen LogP contribution is 2.25. The maximum absolute atomic E-state index is 10.6. The molecule has 2 N–H and O–H groups in total. The number of rotatable bonds is 4. The number of H-pyrrole nitrogens is 1. The first-order valence-corrected chi connectivity index (χ1v) is 5.34. The van der Waals surface area contributed by atoms with Gasteiger partial charge in [-0.2, -0.15) is 5.10 Å². The first-order chi connectivity index (χ1) is 8.18. The fourth-order valence-corrected chi connectivity index (χ4v) is 1.79. The highest BCUT2D eigenvalue weighted by molar-refractivity contribution is 5.70. The van der Waals surface area contributed by atoms with Crippen LogP contribution in [-0.2, 0) is 11.2 Å². The fraction of sp³-hybridized carbons (Fsp3) is 0.250. The van der Waals surface area contributed by atoms with Gasteiger partial charge < -0.3 is 5.11 Å². The molecular formula is C12H13N3O2. The lowest BCUT2D eigenvalue weighted by molar-refractivity contribution is -0.136. The minimum absolute atomic E-state index is 0.0857. The summed E-state index contributed by atoms with van der Waals surface area (Å²) >= 11 is 0. The zero-order valence-corrected chi connectivity index (χ0v) is 9.47. The van der Waals surface area contributed by atoms with Crippen molar-refractivity contribution < 1.29 is 9.90 Å². The lowest BCUT2D eigenvalue weighted by atomic mass is 10.0. The van der Waals surface area contributed by atoms with E-state index in [1.165, 1.54) is 0 Å². The third-order valence-corrected chi connectivity index (χ3v) is 2.57. The van der Waals surface area contributed by atoms with Crippen LogP contribution in [0.4, 0.5) is 0 Å². The Balaban J connectivity index is 2.33. The summed E-state index contributed by atoms with van der Waals surface area (Å²) in [5, 5.41) is 15.7. The normalized spacial score (nSPS) is 10.4. The van der Waals surface area contributed by atoms with Gasteiger partial charge in [0.15, 0.2) is 0 Å². The molecule has 0 spiro atoms. The van der Waals surface area contributed by atoms with Crippen molar-refractivity contribution in [3.8, 4) is 11.1 Å². The monoisotopic (exact) mass is 231 g/mol. The average molecular weight is 231 g/mol. The van der Waals surface area contributed by atoms with Crippen molar-refractivity contribution in [2.24, 2.45) is 0 Å². The van der Waals surface area contributed by atoms with Gasteiger partial charge in [0.25, 0.3) is 0 Å². The van der Waals surface area contributed by atoms with Crippen molar-refractivity contribution in [2.75, 3.05) is 0 Å². The molecule has 2 aromatic heterocycles. The highest BCUT2D eigenvalue weighted by atomic mass is 16.4. The molecule has 0 aliphatic carbocycles. The molecule has 0 aliphatic rings. The molecule has 0 unspecified atom stereocenters. The van der Waals surface area contributed by atoms with Crippen molar-refractivity contribution in [3.63, 3.8) is 0 Å². The summed E-state index contributed by atoms with van der Waals surface area (Å²) in [6, 6.07) is 3.78. The molecule has 88 valence electrons. The number of aromatic nitrogens is 3. The first kappa shape index (κ1) is 11.3. The molecule has 0 atom stereocenters. The van der Waals surface area contributed by atoms with Crippen LogP contribution in [0.15, 0.2) is 24.5 Å². The van der Waals surface area contributed by atoms with Gasteiger partial charge in [0.1, 0.15) is 0 Å². The molecule has 0 saturated carbocycles. The van der Waals surface area contributed by atoms with Crippen LogP contribution in [0.2, 0.25) is 0 Å². The van der Waals surface area contributed by atoms with Crippen LogP contribution in [0.3, 0.4) is 0 Å². The maximum atomic E-state index is 10.6. The minimum Gasteiger partial charge on any atom is -0.481 e. The number of aliphatic carboxylic acids is 1. The Hall–Kier alpha value is -2.17. The second-order valence-corrected chi connectivity index (χ2v) is 3.80. The topological polar surface area (TPSA) is 78.9 Å². The van der Waals surface area contributed by atoms with Crippen LogP contribution in [-0.4, -0.2) is 26.3 Å². The molecule has 0 radical (unpaired) electrons. The number of carbonyl (C=O) groups is 1. The molecule has 2 aromatic rings. The summed E-state index contributed by atoms with van der Waals surface area (Å²) in [6.07, 6.45) is 3.94. The molecule has 5 nitrogen and oxygen atoms in total. The summed E-state index contributed by atoms with van der Waals surface area (Å²) < 4.78 is 0. The number of aryl methyl sites for hydroxylation is 2. The highest BCUT2D eigenvalue weighted by Gasteiger charge is 2.13. The van der Waals surface area contributed by atoms with Gasteiger partial charge in [0.05, 0.1) is 12.1 Å². The van der Waals surface area contributed by atoms with Crippen LogP contribution in [0.25, 0.3) is 11.1 Å². The van der Waals surface area contributed by atoms with Crippen LogP contribution < -0.4 is 0 Å². The molecule has 5 heteroatoms. The van der Waals surface area contributed by atoms with Crippen LogP contribution in [0.5, 0.6) is 0 Å². The molecule has 0 fully saturated rings. The van der Waals surface area contributed by atoms with E-state index in [9.17, 15) is 4.79 Å². The fourth-order valence-electron chi connectivity index (χ4n) is 1.79. The van der Waals surface area contributed by atoms with Gasteiger partial charge in [-0.15, -0.1) is 0 Å². The number of hydrogen-bond acceptors (Lipinski definition) is 3. The third kappa shape index (κ3) is 2.50. The Bertz CT molecular complexity index is 520. The van der Waals surface area contributed by atoms with Gasteiger partial charge in [0, 0.05) is 30.1 Å². The molecule has 2 rings (SSSR count). The number of nitrogens with zero attached hydrogens (tertiary/aromatic N) is 2. The molecule has 17 heavy (non-hydrogen) atoms. The smallest absolute Gasteiger partial charge is 0.303 e. The van der Waals surface area contributed by atoms with E-state index in [-0.39, 0.29) is 6.42 Å². The van der Waals surface area contributed by atoms with Gasteiger partial charge in [-0.05, 0) is 24.6 Å². The predicted molar refractivity (Wildman–Crippen MR) is 62.5 cm³/mol. The number of carboxylic acids is 1. The quantitative estimate of drug-likeness (QED) is 0.840. The van der Waals surface area contributed by atoms with Crippen molar-refractivity contribution >= 4 is 5.97 Å². The standard InChI is InChI=1S/C12H13N3O2/c1-8-12(9-4-6-13-7-5-9)10(15-14-8)2-3-11(16)17/h4-7H,2-3H2,1H3,(H,14,15)(H,16,17). The van der Waals surface area contributed by atoms with Crippen molar-refractivity contribution in [3.05, 3.63) is 35.9 Å². The first-order valence-electron chi connectivity index (χ1n) is 5.34. The van der Waals surface area contributed by atoms with E-state index in [4.69, 9.17) is 5.11 Å². The molecule has 0 aliphatic heterocycles. The summed E-state index contributed by atoms with van der Waals surface area (Å²) in [7, 11) is 0. The molecule has 0 saturated heterocycles. The lowest BCUT2D eigenvalue weighted by Gasteiger charge is -2.02. The molecule has 0 bridgehead atoms. The summed E-state index contributed by atoms with van der Waals surface area (Å²) in [5.41, 5.74) is 3.72. The Morgan fingerprint density at radius 2 is 2.12 bits per heavy atom. The van der Waals surface area contributed by atoms with Crippen LogP contribution in [0, 0.1) is 6.92 Å². The summed E-state index contributed by atoms with van der Waals surface area (Å²) in [6.45, 7) is 1.92.